The molecule has 1 aromatic carbocycles. The molecule has 1 aliphatic rings. The summed E-state index contributed by atoms with van der Waals surface area (Å²) in [7, 11) is 0. The first-order chi connectivity index (χ1) is 7.33. The van der Waals surface area contributed by atoms with Crippen LogP contribution in [0.3, 0.4) is 0 Å². The standard InChI is InChI=1S/C12H16N2O/c1-10(13-15)11-6-2-3-7-12(11)14-8-4-5-9-14/h2-3,6-7,15H,4-5,8-9H2,1H3/b13-10+. The van der Waals surface area contributed by atoms with Crippen molar-refractivity contribution in [2.75, 3.05) is 18.0 Å². The zero-order chi connectivity index (χ0) is 10.7. The topological polar surface area (TPSA) is 35.8 Å². The van der Waals surface area contributed by atoms with Crippen molar-refractivity contribution < 1.29 is 5.21 Å². The molecule has 3 nitrogen and oxygen atoms in total. The summed E-state index contributed by atoms with van der Waals surface area (Å²) in [5, 5.41) is 12.1. The lowest BCUT2D eigenvalue weighted by Crippen LogP contribution is -2.20. The fourth-order valence-electron chi connectivity index (χ4n) is 2.07. The van der Waals surface area contributed by atoms with E-state index in [4.69, 9.17) is 5.21 Å². The highest BCUT2D eigenvalue weighted by molar-refractivity contribution is 6.03. The lowest BCUT2D eigenvalue weighted by atomic mass is 10.1. The van der Waals surface area contributed by atoms with Crippen LogP contribution in [0.25, 0.3) is 0 Å². The SMILES string of the molecule is C/C(=N\O)c1ccccc1N1CCCC1. The van der Waals surface area contributed by atoms with E-state index in [1.807, 2.05) is 25.1 Å². The molecule has 0 atom stereocenters. The van der Waals surface area contributed by atoms with Gasteiger partial charge < -0.3 is 10.1 Å². The predicted molar refractivity (Wildman–Crippen MR) is 61.9 cm³/mol. The summed E-state index contributed by atoms with van der Waals surface area (Å²) >= 11 is 0. The maximum Gasteiger partial charge on any atom is 0.0857 e. The summed E-state index contributed by atoms with van der Waals surface area (Å²) in [6, 6.07) is 8.10. The Bertz CT molecular complexity index is 368. The highest BCUT2D eigenvalue weighted by Gasteiger charge is 2.16. The van der Waals surface area contributed by atoms with Crippen molar-refractivity contribution in [1.82, 2.24) is 0 Å². The van der Waals surface area contributed by atoms with E-state index in [9.17, 15) is 0 Å². The Balaban J connectivity index is 2.37. The molecule has 1 aliphatic heterocycles. The summed E-state index contributed by atoms with van der Waals surface area (Å²) in [4.78, 5) is 2.35. The Morgan fingerprint density at radius 2 is 1.93 bits per heavy atom. The zero-order valence-corrected chi connectivity index (χ0v) is 8.98. The maximum atomic E-state index is 8.82. The molecule has 1 fully saturated rings. The van der Waals surface area contributed by atoms with Crippen molar-refractivity contribution in [2.45, 2.75) is 19.8 Å². The van der Waals surface area contributed by atoms with E-state index in [-0.39, 0.29) is 0 Å². The molecule has 1 heterocycles. The number of anilines is 1. The van der Waals surface area contributed by atoms with E-state index in [1.165, 1.54) is 18.5 Å². The van der Waals surface area contributed by atoms with Gasteiger partial charge in [-0.05, 0) is 25.8 Å². The van der Waals surface area contributed by atoms with Crippen molar-refractivity contribution in [2.24, 2.45) is 5.16 Å². The molecule has 0 aliphatic carbocycles. The third-order valence-corrected chi connectivity index (χ3v) is 2.89. The first kappa shape index (κ1) is 10.0. The van der Waals surface area contributed by atoms with Gasteiger partial charge in [0.2, 0.25) is 0 Å². The molecule has 0 amide bonds. The average Bonchev–Trinajstić information content (AvgIpc) is 2.81. The second kappa shape index (κ2) is 4.34. The van der Waals surface area contributed by atoms with Gasteiger partial charge in [0.05, 0.1) is 5.71 Å². The van der Waals surface area contributed by atoms with Crippen LogP contribution in [-0.4, -0.2) is 24.0 Å². The van der Waals surface area contributed by atoms with Gasteiger partial charge in [-0.25, -0.2) is 0 Å². The first-order valence-electron chi connectivity index (χ1n) is 5.36. The third-order valence-electron chi connectivity index (χ3n) is 2.89. The van der Waals surface area contributed by atoms with E-state index in [1.54, 1.807) is 0 Å². The van der Waals surface area contributed by atoms with E-state index < -0.39 is 0 Å². The molecular weight excluding hydrogens is 188 g/mol. The Hall–Kier alpha value is -1.51. The van der Waals surface area contributed by atoms with Crippen LogP contribution in [0.1, 0.15) is 25.3 Å². The minimum atomic E-state index is 0.678. The van der Waals surface area contributed by atoms with Crippen LogP contribution in [-0.2, 0) is 0 Å². The first-order valence-corrected chi connectivity index (χ1v) is 5.36. The fourth-order valence-corrected chi connectivity index (χ4v) is 2.07. The molecule has 0 spiro atoms. The molecule has 0 aromatic heterocycles. The molecule has 0 bridgehead atoms. The van der Waals surface area contributed by atoms with Crippen LogP contribution in [0.4, 0.5) is 5.69 Å². The molecule has 0 unspecified atom stereocenters. The molecule has 0 radical (unpaired) electrons. The van der Waals surface area contributed by atoms with Gasteiger partial charge in [0.1, 0.15) is 0 Å². The minimum absolute atomic E-state index is 0.678. The molecule has 0 saturated carbocycles. The second-order valence-electron chi connectivity index (χ2n) is 3.90. The van der Waals surface area contributed by atoms with Crippen molar-refractivity contribution in [3.8, 4) is 0 Å². The van der Waals surface area contributed by atoms with Crippen molar-refractivity contribution in [3.05, 3.63) is 29.8 Å². The molecule has 15 heavy (non-hydrogen) atoms. The third kappa shape index (κ3) is 1.96. The highest BCUT2D eigenvalue weighted by atomic mass is 16.4. The van der Waals surface area contributed by atoms with Gasteiger partial charge in [0, 0.05) is 24.3 Å². The molecule has 1 aromatic rings. The Kier molecular flexibility index (Phi) is 2.90. The van der Waals surface area contributed by atoms with Crippen LogP contribution in [0, 0.1) is 0 Å². The van der Waals surface area contributed by atoms with E-state index in [2.05, 4.69) is 16.1 Å². The van der Waals surface area contributed by atoms with Crippen molar-refractivity contribution in [1.29, 1.82) is 0 Å². The van der Waals surface area contributed by atoms with E-state index >= 15 is 0 Å². The zero-order valence-electron chi connectivity index (χ0n) is 8.98. The summed E-state index contributed by atoms with van der Waals surface area (Å²) in [6.45, 7) is 4.04. The number of hydrogen-bond acceptors (Lipinski definition) is 3. The Morgan fingerprint density at radius 3 is 2.60 bits per heavy atom. The van der Waals surface area contributed by atoms with Gasteiger partial charge in [0.25, 0.3) is 0 Å². The number of nitrogens with zero attached hydrogens (tertiary/aromatic N) is 2. The lowest BCUT2D eigenvalue weighted by molar-refractivity contribution is 0.319. The monoisotopic (exact) mass is 204 g/mol. The molecule has 1 saturated heterocycles. The number of benzene rings is 1. The molecule has 3 heteroatoms. The van der Waals surface area contributed by atoms with Crippen LogP contribution in [0.2, 0.25) is 0 Å². The molecule has 80 valence electrons. The number of para-hydroxylation sites is 1. The number of rotatable bonds is 2. The number of oxime groups is 1. The average molecular weight is 204 g/mol. The smallest absolute Gasteiger partial charge is 0.0857 e. The van der Waals surface area contributed by atoms with Gasteiger partial charge in [-0.3, -0.25) is 0 Å². The fraction of sp³-hybridized carbons (Fsp3) is 0.417. The van der Waals surface area contributed by atoms with Gasteiger partial charge in [-0.15, -0.1) is 0 Å². The van der Waals surface area contributed by atoms with Gasteiger partial charge in [0.15, 0.2) is 0 Å². The van der Waals surface area contributed by atoms with Crippen LogP contribution in [0.5, 0.6) is 0 Å². The largest absolute Gasteiger partial charge is 0.411 e. The minimum Gasteiger partial charge on any atom is -0.411 e. The van der Waals surface area contributed by atoms with Crippen molar-refractivity contribution in [3.63, 3.8) is 0 Å². The van der Waals surface area contributed by atoms with Crippen LogP contribution < -0.4 is 4.90 Å². The molecule has 2 rings (SSSR count). The maximum absolute atomic E-state index is 8.82. The van der Waals surface area contributed by atoms with E-state index in [0.717, 1.165) is 18.7 Å². The summed E-state index contributed by atoms with van der Waals surface area (Å²) in [6.07, 6.45) is 2.51. The van der Waals surface area contributed by atoms with Crippen LogP contribution in [0.15, 0.2) is 29.4 Å². The lowest BCUT2D eigenvalue weighted by Gasteiger charge is -2.20. The Labute approximate surface area is 90.0 Å². The van der Waals surface area contributed by atoms with Gasteiger partial charge in [-0.2, -0.15) is 0 Å². The van der Waals surface area contributed by atoms with Crippen LogP contribution >= 0.6 is 0 Å². The summed E-state index contributed by atoms with van der Waals surface area (Å²) in [5.74, 6) is 0. The van der Waals surface area contributed by atoms with Gasteiger partial charge in [-0.1, -0.05) is 23.4 Å². The quantitative estimate of drug-likeness (QED) is 0.456. The summed E-state index contributed by atoms with van der Waals surface area (Å²) < 4.78 is 0. The number of hydrogen-bond donors (Lipinski definition) is 1. The van der Waals surface area contributed by atoms with E-state index in [0.29, 0.717) is 5.71 Å². The predicted octanol–water partition coefficient (Wildman–Crippen LogP) is 2.49. The van der Waals surface area contributed by atoms with Gasteiger partial charge >= 0.3 is 0 Å². The summed E-state index contributed by atoms with van der Waals surface area (Å²) in [5.41, 5.74) is 2.89. The molecule has 1 N–H and O–H groups in total. The second-order valence-corrected chi connectivity index (χ2v) is 3.90. The normalized spacial score (nSPS) is 17.1. The Morgan fingerprint density at radius 1 is 1.27 bits per heavy atom. The van der Waals surface area contributed by atoms with Crippen molar-refractivity contribution >= 4 is 11.4 Å². The molecular formula is C12H16N2O. The highest BCUT2D eigenvalue weighted by Crippen LogP contribution is 2.24.